The number of aliphatic carboxylic acids is 1. The second-order valence-corrected chi connectivity index (χ2v) is 6.21. The van der Waals surface area contributed by atoms with Gasteiger partial charge in [-0.15, -0.1) is 0 Å². The lowest BCUT2D eigenvalue weighted by atomic mass is 10.1. The zero-order valence-electron chi connectivity index (χ0n) is 13.4. The van der Waals surface area contributed by atoms with Crippen LogP contribution in [0.4, 0.5) is 0 Å². The lowest BCUT2D eigenvalue weighted by Gasteiger charge is -2.24. The minimum atomic E-state index is -0.936. The van der Waals surface area contributed by atoms with Crippen molar-refractivity contribution in [3.8, 4) is 0 Å². The predicted molar refractivity (Wildman–Crippen MR) is 87.5 cm³/mol. The zero-order valence-corrected chi connectivity index (χ0v) is 13.4. The Balaban J connectivity index is 1.81. The quantitative estimate of drug-likeness (QED) is 0.857. The Morgan fingerprint density at radius 1 is 1.38 bits per heavy atom. The summed E-state index contributed by atoms with van der Waals surface area (Å²) in [5.41, 5.74) is -0.316. The number of benzene rings is 1. The van der Waals surface area contributed by atoms with E-state index in [2.05, 4.69) is 5.10 Å². The van der Waals surface area contributed by atoms with Gasteiger partial charge in [0.1, 0.15) is 6.54 Å². The minimum absolute atomic E-state index is 0.0791. The zero-order chi connectivity index (χ0) is 17.3. The molecule has 1 aromatic carbocycles. The molecule has 1 amide bonds. The lowest BCUT2D eigenvalue weighted by molar-refractivity contribution is -0.143. The van der Waals surface area contributed by atoms with Crippen molar-refractivity contribution in [3.63, 3.8) is 0 Å². The highest BCUT2D eigenvalue weighted by Crippen LogP contribution is 2.28. The molecular formula is C17H19N3O4. The molecule has 1 atom stereocenters. The monoisotopic (exact) mass is 329 g/mol. The molecule has 0 aliphatic heterocycles. The summed E-state index contributed by atoms with van der Waals surface area (Å²) < 4.78 is 1.14. The number of rotatable bonds is 6. The second kappa shape index (κ2) is 6.43. The molecule has 24 heavy (non-hydrogen) atoms. The predicted octanol–water partition coefficient (Wildman–Crippen LogP) is 1.11. The number of fused-ring (bicyclic) bond motifs is 1. The molecule has 1 aliphatic rings. The van der Waals surface area contributed by atoms with Crippen LogP contribution < -0.4 is 5.56 Å². The number of amides is 1. The summed E-state index contributed by atoms with van der Waals surface area (Å²) in [5, 5.41) is 14.4. The van der Waals surface area contributed by atoms with Gasteiger partial charge in [-0.25, -0.2) is 4.68 Å². The van der Waals surface area contributed by atoms with Gasteiger partial charge in [0.25, 0.3) is 5.56 Å². The van der Waals surface area contributed by atoms with E-state index in [1.807, 2.05) is 6.07 Å². The van der Waals surface area contributed by atoms with Crippen LogP contribution in [0.15, 0.2) is 35.3 Å². The van der Waals surface area contributed by atoms with Crippen LogP contribution in [0, 0.1) is 5.92 Å². The number of carbonyl (C=O) groups excluding carboxylic acids is 1. The lowest BCUT2D eigenvalue weighted by Crippen LogP contribution is -2.42. The van der Waals surface area contributed by atoms with E-state index in [4.69, 9.17) is 5.11 Å². The van der Waals surface area contributed by atoms with Crippen LogP contribution in [0.3, 0.4) is 0 Å². The molecule has 0 bridgehead atoms. The molecule has 1 heterocycles. The number of nitrogens with zero attached hydrogens (tertiary/aromatic N) is 3. The first kappa shape index (κ1) is 16.2. The molecule has 1 aromatic heterocycles. The van der Waals surface area contributed by atoms with Gasteiger partial charge >= 0.3 is 5.97 Å². The molecular weight excluding hydrogens is 310 g/mol. The van der Waals surface area contributed by atoms with E-state index in [9.17, 15) is 14.4 Å². The van der Waals surface area contributed by atoms with Gasteiger partial charge in [-0.2, -0.15) is 5.10 Å². The van der Waals surface area contributed by atoms with E-state index in [0.29, 0.717) is 5.39 Å². The highest BCUT2D eigenvalue weighted by molar-refractivity contribution is 5.81. The summed E-state index contributed by atoms with van der Waals surface area (Å²) in [6, 6.07) is 7.16. The number of carboxylic acid groups (broad SMARTS) is 1. The van der Waals surface area contributed by atoms with Crippen molar-refractivity contribution in [2.24, 2.45) is 5.92 Å². The molecule has 1 fully saturated rings. The summed E-state index contributed by atoms with van der Waals surface area (Å²) >= 11 is 0. The van der Waals surface area contributed by atoms with Gasteiger partial charge in [0.15, 0.2) is 0 Å². The summed E-state index contributed by atoms with van der Waals surface area (Å²) in [6.07, 6.45) is 3.31. The van der Waals surface area contributed by atoms with Crippen LogP contribution >= 0.6 is 0 Å². The van der Waals surface area contributed by atoms with Gasteiger partial charge in [-0.1, -0.05) is 25.1 Å². The molecule has 1 unspecified atom stereocenters. The summed E-state index contributed by atoms with van der Waals surface area (Å²) in [6.45, 7) is 1.55. The Labute approximate surface area is 138 Å². The fourth-order valence-corrected chi connectivity index (χ4v) is 2.67. The van der Waals surface area contributed by atoms with Crippen LogP contribution in [-0.4, -0.2) is 44.3 Å². The Kier molecular flexibility index (Phi) is 4.33. The normalized spacial score (nSPS) is 15.2. The summed E-state index contributed by atoms with van der Waals surface area (Å²) in [4.78, 5) is 37.6. The molecule has 126 valence electrons. The first-order valence-electron chi connectivity index (χ1n) is 7.94. The molecule has 0 spiro atoms. The van der Waals surface area contributed by atoms with E-state index in [-0.39, 0.29) is 30.6 Å². The van der Waals surface area contributed by atoms with Crippen molar-refractivity contribution in [3.05, 3.63) is 40.8 Å². The van der Waals surface area contributed by atoms with Crippen LogP contribution in [0.25, 0.3) is 10.8 Å². The van der Waals surface area contributed by atoms with Crippen LogP contribution in [0.5, 0.6) is 0 Å². The smallest absolute Gasteiger partial charge is 0.308 e. The minimum Gasteiger partial charge on any atom is -0.481 e. The van der Waals surface area contributed by atoms with Crippen LogP contribution in [0.2, 0.25) is 0 Å². The van der Waals surface area contributed by atoms with Gasteiger partial charge in [-0.3, -0.25) is 14.4 Å². The third-order valence-corrected chi connectivity index (χ3v) is 4.25. The van der Waals surface area contributed by atoms with E-state index in [1.165, 1.54) is 0 Å². The average molecular weight is 329 g/mol. The Hall–Kier alpha value is -2.70. The molecule has 7 heteroatoms. The van der Waals surface area contributed by atoms with E-state index in [0.717, 1.165) is 22.9 Å². The average Bonchev–Trinajstić information content (AvgIpc) is 3.39. The standard InChI is InChI=1S/C17H19N3O4/c1-11(17(23)24)9-19(13-6-7-13)15(21)10-20-16(22)14-5-3-2-4-12(14)8-18-20/h2-5,8,11,13H,6-7,9-10H2,1H3,(H,23,24). The Morgan fingerprint density at radius 2 is 2.08 bits per heavy atom. The van der Waals surface area contributed by atoms with Gasteiger partial charge in [0.05, 0.1) is 17.5 Å². The maximum Gasteiger partial charge on any atom is 0.308 e. The first-order chi connectivity index (χ1) is 11.5. The Bertz CT molecular complexity index is 841. The fraction of sp³-hybridized carbons (Fsp3) is 0.412. The first-order valence-corrected chi connectivity index (χ1v) is 7.94. The van der Waals surface area contributed by atoms with Crippen LogP contribution in [0.1, 0.15) is 19.8 Å². The number of hydrogen-bond acceptors (Lipinski definition) is 4. The van der Waals surface area contributed by atoms with Crippen molar-refractivity contribution in [2.75, 3.05) is 6.54 Å². The van der Waals surface area contributed by atoms with E-state index in [1.54, 1.807) is 36.2 Å². The maximum absolute atomic E-state index is 12.6. The van der Waals surface area contributed by atoms with Crippen molar-refractivity contribution in [1.29, 1.82) is 0 Å². The second-order valence-electron chi connectivity index (χ2n) is 6.21. The summed E-state index contributed by atoms with van der Waals surface area (Å²) in [7, 11) is 0. The number of carboxylic acids is 1. The largest absolute Gasteiger partial charge is 0.481 e. The molecule has 0 saturated heterocycles. The topological polar surface area (TPSA) is 92.5 Å². The molecule has 3 rings (SSSR count). The van der Waals surface area contributed by atoms with Crippen molar-refractivity contribution < 1.29 is 14.7 Å². The highest BCUT2D eigenvalue weighted by atomic mass is 16.4. The molecule has 1 aliphatic carbocycles. The van der Waals surface area contributed by atoms with E-state index < -0.39 is 11.9 Å². The van der Waals surface area contributed by atoms with E-state index >= 15 is 0 Å². The van der Waals surface area contributed by atoms with Gasteiger partial charge < -0.3 is 10.0 Å². The number of aromatic nitrogens is 2. The Morgan fingerprint density at radius 3 is 2.75 bits per heavy atom. The number of hydrogen-bond donors (Lipinski definition) is 1. The SMILES string of the molecule is CC(CN(C(=O)Cn1ncc2ccccc2c1=O)C1CC1)C(=O)O. The van der Waals surface area contributed by atoms with Crippen molar-refractivity contribution >= 4 is 22.6 Å². The summed E-state index contributed by atoms with van der Waals surface area (Å²) in [5.74, 6) is -1.85. The van der Waals surface area contributed by atoms with Crippen molar-refractivity contribution in [1.82, 2.24) is 14.7 Å². The third kappa shape index (κ3) is 3.29. The molecule has 1 N–H and O–H groups in total. The molecule has 1 saturated carbocycles. The molecule has 2 aromatic rings. The maximum atomic E-state index is 12.6. The van der Waals surface area contributed by atoms with Gasteiger partial charge in [0.2, 0.25) is 5.91 Å². The highest BCUT2D eigenvalue weighted by Gasteiger charge is 2.34. The molecule has 0 radical (unpaired) electrons. The van der Waals surface area contributed by atoms with Gasteiger partial charge in [0, 0.05) is 18.0 Å². The molecule has 7 nitrogen and oxygen atoms in total. The fourth-order valence-electron chi connectivity index (χ4n) is 2.67. The number of carbonyl (C=O) groups is 2. The van der Waals surface area contributed by atoms with Crippen LogP contribution in [-0.2, 0) is 16.1 Å². The third-order valence-electron chi connectivity index (χ3n) is 4.25. The van der Waals surface area contributed by atoms with Crippen molar-refractivity contribution in [2.45, 2.75) is 32.4 Å². The van der Waals surface area contributed by atoms with Gasteiger partial charge in [-0.05, 0) is 18.9 Å².